The Morgan fingerprint density at radius 1 is 1.09 bits per heavy atom. The number of aromatic hydroxyl groups is 1. The van der Waals surface area contributed by atoms with Gasteiger partial charge in [-0.05, 0) is 66.8 Å². The number of para-hydroxylation sites is 1. The van der Waals surface area contributed by atoms with Gasteiger partial charge in [-0.3, -0.25) is 9.79 Å². The minimum Gasteiger partial charge on any atom is -0.507 e. The standard InChI is InChI=1S/C27H29N3O3/c1-18(2)24-14-9-19(3)15-26(24)33-17-27(32)30-29-20(4)21-10-12-23(13-11-21)28-16-22-7-5-6-8-25(22)31/h5-16,18,31H,17H2,1-4H3,(H,30,32)/b28-16?,29-20+. The molecular weight excluding hydrogens is 414 g/mol. The molecule has 0 aliphatic carbocycles. The second-order valence-electron chi connectivity index (χ2n) is 8.08. The summed E-state index contributed by atoms with van der Waals surface area (Å²) in [5, 5.41) is 14.0. The highest BCUT2D eigenvalue weighted by atomic mass is 16.5. The van der Waals surface area contributed by atoms with Gasteiger partial charge in [-0.25, -0.2) is 5.43 Å². The van der Waals surface area contributed by atoms with Crippen LogP contribution in [0.3, 0.4) is 0 Å². The molecule has 0 atom stereocenters. The van der Waals surface area contributed by atoms with Crippen LogP contribution < -0.4 is 10.2 Å². The quantitative estimate of drug-likeness (QED) is 0.356. The molecule has 3 aromatic rings. The molecule has 2 N–H and O–H groups in total. The number of nitrogens with one attached hydrogen (secondary N) is 1. The Morgan fingerprint density at radius 3 is 2.52 bits per heavy atom. The topological polar surface area (TPSA) is 83.3 Å². The molecule has 6 nitrogen and oxygen atoms in total. The van der Waals surface area contributed by atoms with Gasteiger partial charge in [-0.1, -0.05) is 50.2 Å². The number of aryl methyl sites for hydroxylation is 1. The molecule has 0 aliphatic rings. The zero-order chi connectivity index (χ0) is 23.8. The smallest absolute Gasteiger partial charge is 0.277 e. The highest BCUT2D eigenvalue weighted by Gasteiger charge is 2.10. The maximum absolute atomic E-state index is 12.2. The molecule has 0 fully saturated rings. The van der Waals surface area contributed by atoms with Crippen molar-refractivity contribution in [1.82, 2.24) is 5.43 Å². The number of phenols is 1. The summed E-state index contributed by atoms with van der Waals surface area (Å²) in [6.07, 6.45) is 1.62. The van der Waals surface area contributed by atoms with Gasteiger partial charge in [0.1, 0.15) is 11.5 Å². The summed E-state index contributed by atoms with van der Waals surface area (Å²) in [6, 6.07) is 20.5. The summed E-state index contributed by atoms with van der Waals surface area (Å²) in [4.78, 5) is 16.6. The van der Waals surface area contributed by atoms with E-state index in [9.17, 15) is 9.90 Å². The minimum absolute atomic E-state index is 0.111. The fourth-order valence-electron chi connectivity index (χ4n) is 3.16. The van der Waals surface area contributed by atoms with Gasteiger partial charge in [0, 0.05) is 11.8 Å². The third kappa shape index (κ3) is 6.77. The minimum atomic E-state index is -0.325. The van der Waals surface area contributed by atoms with Crippen LogP contribution in [-0.2, 0) is 4.79 Å². The second-order valence-corrected chi connectivity index (χ2v) is 8.08. The van der Waals surface area contributed by atoms with Crippen molar-refractivity contribution in [2.45, 2.75) is 33.6 Å². The van der Waals surface area contributed by atoms with E-state index in [1.54, 1.807) is 24.4 Å². The van der Waals surface area contributed by atoms with E-state index in [-0.39, 0.29) is 18.3 Å². The molecule has 0 bridgehead atoms. The van der Waals surface area contributed by atoms with Gasteiger partial charge < -0.3 is 9.84 Å². The average Bonchev–Trinajstić information content (AvgIpc) is 2.81. The first-order valence-electron chi connectivity index (χ1n) is 10.8. The number of hydrogen-bond acceptors (Lipinski definition) is 5. The maximum atomic E-state index is 12.2. The first-order chi connectivity index (χ1) is 15.8. The number of phenolic OH excluding ortho intramolecular Hbond substituents is 1. The van der Waals surface area contributed by atoms with E-state index in [0.717, 1.165) is 28.1 Å². The van der Waals surface area contributed by atoms with E-state index < -0.39 is 0 Å². The van der Waals surface area contributed by atoms with E-state index in [1.807, 2.05) is 62.4 Å². The highest BCUT2D eigenvalue weighted by Crippen LogP contribution is 2.27. The van der Waals surface area contributed by atoms with Crippen molar-refractivity contribution in [3.8, 4) is 11.5 Å². The van der Waals surface area contributed by atoms with E-state index in [1.165, 1.54) is 0 Å². The fourth-order valence-corrected chi connectivity index (χ4v) is 3.16. The normalized spacial score (nSPS) is 11.7. The number of benzene rings is 3. The Bertz CT molecular complexity index is 1170. The molecule has 0 aliphatic heterocycles. The van der Waals surface area contributed by atoms with Gasteiger partial charge in [0.2, 0.25) is 0 Å². The van der Waals surface area contributed by atoms with Crippen LogP contribution in [0.15, 0.2) is 76.8 Å². The Labute approximate surface area is 194 Å². The number of rotatable bonds is 8. The van der Waals surface area contributed by atoms with Crippen molar-refractivity contribution in [1.29, 1.82) is 0 Å². The van der Waals surface area contributed by atoms with Crippen LogP contribution in [0.1, 0.15) is 48.9 Å². The van der Waals surface area contributed by atoms with Crippen LogP contribution in [0.2, 0.25) is 0 Å². The number of aliphatic imine (C=N–C) groups is 1. The summed E-state index contributed by atoms with van der Waals surface area (Å²) in [6.45, 7) is 7.88. The molecule has 3 rings (SSSR count). The van der Waals surface area contributed by atoms with E-state index >= 15 is 0 Å². The molecule has 0 saturated heterocycles. The number of carbonyl (C=O) groups is 1. The summed E-state index contributed by atoms with van der Waals surface area (Å²) >= 11 is 0. The first kappa shape index (κ1) is 23.7. The molecule has 0 radical (unpaired) electrons. The van der Waals surface area contributed by atoms with Crippen LogP contribution >= 0.6 is 0 Å². The van der Waals surface area contributed by atoms with Crippen molar-refractivity contribution in [2.75, 3.05) is 6.61 Å². The number of hydrogen-bond donors (Lipinski definition) is 2. The summed E-state index contributed by atoms with van der Waals surface area (Å²) in [5.41, 5.74) is 7.61. The molecule has 170 valence electrons. The van der Waals surface area contributed by atoms with Crippen molar-refractivity contribution < 1.29 is 14.6 Å². The van der Waals surface area contributed by atoms with Gasteiger partial charge in [0.25, 0.3) is 5.91 Å². The van der Waals surface area contributed by atoms with Crippen LogP contribution in [-0.4, -0.2) is 29.5 Å². The summed E-state index contributed by atoms with van der Waals surface area (Å²) in [7, 11) is 0. The number of nitrogens with zero attached hydrogens (tertiary/aromatic N) is 2. The van der Waals surface area contributed by atoms with Crippen LogP contribution in [0.4, 0.5) is 5.69 Å². The zero-order valence-corrected chi connectivity index (χ0v) is 19.4. The van der Waals surface area contributed by atoms with Gasteiger partial charge in [0.05, 0.1) is 11.4 Å². The van der Waals surface area contributed by atoms with Crippen molar-refractivity contribution in [3.05, 3.63) is 89.0 Å². The monoisotopic (exact) mass is 443 g/mol. The molecule has 0 heterocycles. The second kappa shape index (κ2) is 11.1. The maximum Gasteiger partial charge on any atom is 0.277 e. The van der Waals surface area contributed by atoms with E-state index in [2.05, 4.69) is 29.4 Å². The SMILES string of the molecule is C/C(=N\NC(=O)COc1cc(C)ccc1C(C)C)c1ccc(N=Cc2ccccc2O)cc1. The lowest BCUT2D eigenvalue weighted by Crippen LogP contribution is -2.26. The van der Waals surface area contributed by atoms with Crippen LogP contribution in [0.25, 0.3) is 0 Å². The predicted molar refractivity (Wildman–Crippen MR) is 133 cm³/mol. The molecule has 6 heteroatoms. The molecule has 0 aromatic heterocycles. The third-order valence-electron chi connectivity index (χ3n) is 5.07. The summed E-state index contributed by atoms with van der Waals surface area (Å²) in [5.74, 6) is 0.883. The lowest BCUT2D eigenvalue weighted by Gasteiger charge is -2.14. The number of ether oxygens (including phenoxy) is 1. The Kier molecular flexibility index (Phi) is 7.97. The predicted octanol–water partition coefficient (Wildman–Crippen LogP) is 5.49. The molecule has 0 spiro atoms. The number of amides is 1. The molecule has 0 unspecified atom stereocenters. The van der Waals surface area contributed by atoms with Gasteiger partial charge in [0.15, 0.2) is 6.61 Å². The summed E-state index contributed by atoms with van der Waals surface area (Å²) < 4.78 is 5.75. The van der Waals surface area contributed by atoms with E-state index in [4.69, 9.17) is 4.74 Å². The first-order valence-corrected chi connectivity index (χ1v) is 10.8. The molecule has 0 saturated carbocycles. The van der Waals surface area contributed by atoms with Crippen molar-refractivity contribution >= 4 is 23.5 Å². The number of carbonyl (C=O) groups excluding carboxylic acids is 1. The van der Waals surface area contributed by atoms with Crippen LogP contribution in [0, 0.1) is 6.92 Å². The number of hydrazone groups is 1. The lowest BCUT2D eigenvalue weighted by atomic mass is 10.0. The van der Waals surface area contributed by atoms with Gasteiger partial charge in [-0.2, -0.15) is 5.10 Å². The molecular formula is C27H29N3O3. The largest absolute Gasteiger partial charge is 0.507 e. The van der Waals surface area contributed by atoms with Gasteiger partial charge in [-0.15, -0.1) is 0 Å². The molecule has 1 amide bonds. The third-order valence-corrected chi connectivity index (χ3v) is 5.07. The Balaban J connectivity index is 1.57. The van der Waals surface area contributed by atoms with Gasteiger partial charge >= 0.3 is 0 Å². The van der Waals surface area contributed by atoms with Crippen LogP contribution in [0.5, 0.6) is 11.5 Å². The highest BCUT2D eigenvalue weighted by molar-refractivity contribution is 5.99. The average molecular weight is 444 g/mol. The molecule has 3 aromatic carbocycles. The lowest BCUT2D eigenvalue weighted by molar-refractivity contribution is -0.123. The Hall–Kier alpha value is -3.93. The van der Waals surface area contributed by atoms with Crippen molar-refractivity contribution in [3.63, 3.8) is 0 Å². The van der Waals surface area contributed by atoms with Crippen molar-refractivity contribution in [2.24, 2.45) is 10.1 Å². The zero-order valence-electron chi connectivity index (χ0n) is 19.4. The Morgan fingerprint density at radius 2 is 1.82 bits per heavy atom. The van der Waals surface area contributed by atoms with E-state index in [0.29, 0.717) is 17.2 Å². The fraction of sp³-hybridized carbons (Fsp3) is 0.222. The molecule has 33 heavy (non-hydrogen) atoms.